The van der Waals surface area contributed by atoms with Gasteiger partial charge in [0, 0.05) is 36.6 Å². The Morgan fingerprint density at radius 3 is 2.71 bits per heavy atom. The van der Waals surface area contributed by atoms with Crippen LogP contribution in [-0.4, -0.2) is 15.9 Å². The van der Waals surface area contributed by atoms with Gasteiger partial charge in [-0.25, -0.2) is 0 Å². The third-order valence-corrected chi connectivity index (χ3v) is 3.60. The summed E-state index contributed by atoms with van der Waals surface area (Å²) in [4.78, 5) is 20.4. The summed E-state index contributed by atoms with van der Waals surface area (Å²) in [5.74, 6) is 0.226. The minimum Gasteiger partial charge on any atom is -0.352 e. The third-order valence-electron chi connectivity index (χ3n) is 3.60. The molecule has 0 aliphatic rings. The maximum atomic E-state index is 12.0. The lowest BCUT2D eigenvalue weighted by Gasteiger charge is -2.13. The molecule has 0 bridgehead atoms. The van der Waals surface area contributed by atoms with E-state index in [-0.39, 0.29) is 11.8 Å². The Kier molecular flexibility index (Phi) is 5.43. The highest BCUT2D eigenvalue weighted by Crippen LogP contribution is 2.16. The lowest BCUT2D eigenvalue weighted by Crippen LogP contribution is -2.29. The van der Waals surface area contributed by atoms with E-state index >= 15 is 0 Å². The predicted octanol–water partition coefficient (Wildman–Crippen LogP) is 3.20. The number of hydrogen-bond acceptors (Lipinski definition) is 3. The zero-order chi connectivity index (χ0) is 15.1. The Bertz CT molecular complexity index is 580. The second-order valence-corrected chi connectivity index (χ2v) is 5.02. The van der Waals surface area contributed by atoms with Crippen LogP contribution in [0, 0.1) is 5.92 Å². The number of nitrogens with one attached hydrogen (secondary N) is 1. The van der Waals surface area contributed by atoms with E-state index < -0.39 is 0 Å². The number of nitrogens with zero attached hydrogens (tertiary/aromatic N) is 2. The Balaban J connectivity index is 2.04. The second-order valence-electron chi connectivity index (χ2n) is 5.02. The van der Waals surface area contributed by atoms with Crippen LogP contribution in [0.3, 0.4) is 0 Å². The SMILES string of the molecule is CCC(CC)C(=O)NCc1ccnc(-c2cccnc2)c1. The average Bonchev–Trinajstić information content (AvgIpc) is 2.55. The maximum absolute atomic E-state index is 12.0. The van der Waals surface area contributed by atoms with Crippen molar-refractivity contribution in [3.63, 3.8) is 0 Å². The van der Waals surface area contributed by atoms with Gasteiger partial charge in [-0.2, -0.15) is 0 Å². The minimum atomic E-state index is 0.102. The summed E-state index contributed by atoms with van der Waals surface area (Å²) in [5, 5.41) is 3.00. The van der Waals surface area contributed by atoms with E-state index in [0.717, 1.165) is 29.7 Å². The molecule has 2 aromatic heterocycles. The van der Waals surface area contributed by atoms with Gasteiger partial charge in [0.2, 0.25) is 5.91 Å². The Hall–Kier alpha value is -2.23. The molecule has 0 saturated carbocycles. The fourth-order valence-electron chi connectivity index (χ4n) is 2.25. The molecule has 2 rings (SSSR count). The highest BCUT2D eigenvalue weighted by atomic mass is 16.1. The van der Waals surface area contributed by atoms with Crippen LogP contribution in [0.1, 0.15) is 32.3 Å². The van der Waals surface area contributed by atoms with E-state index in [4.69, 9.17) is 0 Å². The quantitative estimate of drug-likeness (QED) is 0.885. The number of amides is 1. The molecule has 0 aliphatic carbocycles. The molecule has 0 fully saturated rings. The summed E-state index contributed by atoms with van der Waals surface area (Å²) in [5.41, 5.74) is 2.89. The third kappa shape index (κ3) is 4.12. The van der Waals surface area contributed by atoms with Crippen LogP contribution in [0.2, 0.25) is 0 Å². The first-order chi connectivity index (χ1) is 10.2. The molecule has 21 heavy (non-hydrogen) atoms. The van der Waals surface area contributed by atoms with Crippen LogP contribution in [0.4, 0.5) is 0 Å². The van der Waals surface area contributed by atoms with E-state index in [2.05, 4.69) is 15.3 Å². The second kappa shape index (κ2) is 7.53. The maximum Gasteiger partial charge on any atom is 0.223 e. The van der Waals surface area contributed by atoms with Gasteiger partial charge in [0.15, 0.2) is 0 Å². The molecule has 1 amide bonds. The van der Waals surface area contributed by atoms with Gasteiger partial charge >= 0.3 is 0 Å². The fraction of sp³-hybridized carbons (Fsp3) is 0.353. The average molecular weight is 283 g/mol. The summed E-state index contributed by atoms with van der Waals surface area (Å²) in [6, 6.07) is 7.78. The molecule has 1 N–H and O–H groups in total. The Labute approximate surface area is 125 Å². The molecular weight excluding hydrogens is 262 g/mol. The van der Waals surface area contributed by atoms with Crippen molar-refractivity contribution in [2.24, 2.45) is 5.92 Å². The molecule has 0 atom stereocenters. The molecule has 4 nitrogen and oxygen atoms in total. The van der Waals surface area contributed by atoms with Crippen LogP contribution < -0.4 is 5.32 Å². The normalized spacial score (nSPS) is 10.6. The monoisotopic (exact) mass is 283 g/mol. The topological polar surface area (TPSA) is 54.9 Å². The summed E-state index contributed by atoms with van der Waals surface area (Å²) < 4.78 is 0. The standard InChI is InChI=1S/C17H21N3O/c1-3-14(4-2)17(21)20-11-13-7-9-19-16(10-13)15-6-5-8-18-12-15/h5-10,12,14H,3-4,11H2,1-2H3,(H,20,21). The van der Waals surface area contributed by atoms with Crippen molar-refractivity contribution in [1.82, 2.24) is 15.3 Å². The van der Waals surface area contributed by atoms with E-state index in [0.29, 0.717) is 6.54 Å². The molecule has 0 spiro atoms. The van der Waals surface area contributed by atoms with Crippen LogP contribution in [0.5, 0.6) is 0 Å². The molecular formula is C17H21N3O. The van der Waals surface area contributed by atoms with Gasteiger partial charge in [0.25, 0.3) is 0 Å². The van der Waals surface area contributed by atoms with Crippen molar-refractivity contribution in [3.05, 3.63) is 48.4 Å². The van der Waals surface area contributed by atoms with Crippen LogP contribution in [0.25, 0.3) is 11.3 Å². The minimum absolute atomic E-state index is 0.102. The van der Waals surface area contributed by atoms with Crippen molar-refractivity contribution in [2.75, 3.05) is 0 Å². The van der Waals surface area contributed by atoms with Gasteiger partial charge in [-0.15, -0.1) is 0 Å². The molecule has 0 aromatic carbocycles. The van der Waals surface area contributed by atoms with Gasteiger partial charge in [-0.05, 0) is 42.7 Å². The van der Waals surface area contributed by atoms with E-state index in [1.165, 1.54) is 0 Å². The number of pyridine rings is 2. The van der Waals surface area contributed by atoms with Crippen LogP contribution in [0.15, 0.2) is 42.9 Å². The van der Waals surface area contributed by atoms with Gasteiger partial charge in [0.1, 0.15) is 0 Å². The number of hydrogen-bond donors (Lipinski definition) is 1. The lowest BCUT2D eigenvalue weighted by atomic mass is 10.0. The van der Waals surface area contributed by atoms with E-state index in [1.807, 2.05) is 38.1 Å². The number of aromatic nitrogens is 2. The van der Waals surface area contributed by atoms with Crippen molar-refractivity contribution < 1.29 is 4.79 Å². The zero-order valence-electron chi connectivity index (χ0n) is 12.5. The van der Waals surface area contributed by atoms with Crippen molar-refractivity contribution in [1.29, 1.82) is 0 Å². The Morgan fingerprint density at radius 2 is 2.05 bits per heavy atom. The van der Waals surface area contributed by atoms with Gasteiger partial charge < -0.3 is 5.32 Å². The molecule has 0 unspecified atom stereocenters. The molecule has 0 saturated heterocycles. The molecule has 4 heteroatoms. The van der Waals surface area contributed by atoms with E-state index in [9.17, 15) is 4.79 Å². The number of carbonyl (C=O) groups is 1. The molecule has 2 heterocycles. The molecule has 110 valence electrons. The first kappa shape index (κ1) is 15.2. The van der Waals surface area contributed by atoms with Crippen molar-refractivity contribution in [2.45, 2.75) is 33.2 Å². The summed E-state index contributed by atoms with van der Waals surface area (Å²) >= 11 is 0. The fourth-order valence-corrected chi connectivity index (χ4v) is 2.25. The van der Waals surface area contributed by atoms with Crippen molar-refractivity contribution >= 4 is 5.91 Å². The molecule has 2 aromatic rings. The number of carbonyl (C=O) groups excluding carboxylic acids is 1. The molecule has 0 radical (unpaired) electrons. The van der Waals surface area contributed by atoms with Gasteiger partial charge in [-0.1, -0.05) is 13.8 Å². The first-order valence-electron chi connectivity index (χ1n) is 7.37. The van der Waals surface area contributed by atoms with E-state index in [1.54, 1.807) is 18.6 Å². The highest BCUT2D eigenvalue weighted by molar-refractivity contribution is 5.78. The van der Waals surface area contributed by atoms with Crippen molar-refractivity contribution in [3.8, 4) is 11.3 Å². The number of rotatable bonds is 6. The smallest absolute Gasteiger partial charge is 0.223 e. The van der Waals surface area contributed by atoms with Crippen LogP contribution in [-0.2, 0) is 11.3 Å². The van der Waals surface area contributed by atoms with Gasteiger partial charge in [0.05, 0.1) is 5.69 Å². The zero-order valence-corrected chi connectivity index (χ0v) is 12.5. The van der Waals surface area contributed by atoms with Gasteiger partial charge in [-0.3, -0.25) is 14.8 Å². The Morgan fingerprint density at radius 1 is 1.24 bits per heavy atom. The summed E-state index contributed by atoms with van der Waals surface area (Å²) in [6.07, 6.45) is 7.04. The van der Waals surface area contributed by atoms with Crippen LogP contribution >= 0.6 is 0 Å². The lowest BCUT2D eigenvalue weighted by molar-refractivity contribution is -0.125. The highest BCUT2D eigenvalue weighted by Gasteiger charge is 2.13. The predicted molar refractivity (Wildman–Crippen MR) is 83.4 cm³/mol. The largest absolute Gasteiger partial charge is 0.352 e. The molecule has 0 aliphatic heterocycles. The summed E-state index contributed by atoms with van der Waals surface area (Å²) in [7, 11) is 0. The first-order valence-corrected chi connectivity index (χ1v) is 7.37. The summed E-state index contributed by atoms with van der Waals surface area (Å²) in [6.45, 7) is 4.62.